The van der Waals surface area contributed by atoms with E-state index in [1.807, 2.05) is 11.9 Å². The first-order valence-corrected chi connectivity index (χ1v) is 6.48. The molecule has 0 aromatic carbocycles. The molecule has 0 aromatic heterocycles. The van der Waals surface area contributed by atoms with Gasteiger partial charge in [-0.15, -0.1) is 6.58 Å². The van der Waals surface area contributed by atoms with Gasteiger partial charge in [0.05, 0.1) is 6.54 Å². The summed E-state index contributed by atoms with van der Waals surface area (Å²) in [6, 6.07) is 0.413. The molecule has 1 amide bonds. The average molecular weight is 239 g/mol. The van der Waals surface area contributed by atoms with Crippen molar-refractivity contribution >= 4 is 5.91 Å². The quantitative estimate of drug-likeness (QED) is 0.547. The molecule has 98 valence electrons. The van der Waals surface area contributed by atoms with Gasteiger partial charge in [0.15, 0.2) is 0 Å². The molecular formula is C13H25N3O. The molecule has 4 nitrogen and oxygen atoms in total. The largest absolute Gasteiger partial charge is 0.342 e. The molecule has 1 fully saturated rings. The Morgan fingerprint density at radius 2 is 2.18 bits per heavy atom. The number of nitrogens with one attached hydrogen (secondary N) is 1. The van der Waals surface area contributed by atoms with Gasteiger partial charge in [-0.3, -0.25) is 4.79 Å². The predicted octanol–water partition coefficient (Wildman–Crippen LogP) is 0.705. The standard InChI is InChI=1S/C13H25N3O/c1-4-8-14-11-13(17)15(3)12-6-9-16(5-2)10-7-12/h4,12,14H,1,5-11H2,2-3H3. The van der Waals surface area contributed by atoms with Crippen LogP contribution in [-0.4, -0.2) is 61.5 Å². The highest BCUT2D eigenvalue weighted by Crippen LogP contribution is 2.14. The van der Waals surface area contributed by atoms with Gasteiger partial charge in [0, 0.05) is 32.7 Å². The molecular weight excluding hydrogens is 214 g/mol. The van der Waals surface area contributed by atoms with Crippen LogP contribution in [0.5, 0.6) is 0 Å². The molecule has 1 heterocycles. The van der Waals surface area contributed by atoms with E-state index < -0.39 is 0 Å². The first kappa shape index (κ1) is 14.2. The van der Waals surface area contributed by atoms with E-state index in [4.69, 9.17) is 0 Å². The Bertz CT molecular complexity index is 247. The van der Waals surface area contributed by atoms with Gasteiger partial charge in [-0.2, -0.15) is 0 Å². The number of likely N-dealkylation sites (tertiary alicyclic amines) is 1. The van der Waals surface area contributed by atoms with Gasteiger partial charge >= 0.3 is 0 Å². The lowest BCUT2D eigenvalue weighted by atomic mass is 10.0. The zero-order valence-corrected chi connectivity index (χ0v) is 11.1. The maximum Gasteiger partial charge on any atom is 0.236 e. The number of rotatable bonds is 6. The van der Waals surface area contributed by atoms with Crippen LogP contribution in [0.1, 0.15) is 19.8 Å². The molecule has 1 rings (SSSR count). The molecule has 1 aliphatic heterocycles. The molecule has 1 aliphatic rings. The van der Waals surface area contributed by atoms with E-state index in [0.717, 1.165) is 32.5 Å². The minimum absolute atomic E-state index is 0.182. The van der Waals surface area contributed by atoms with Gasteiger partial charge in [0.2, 0.25) is 5.91 Å². The van der Waals surface area contributed by atoms with Crippen LogP contribution in [0.25, 0.3) is 0 Å². The van der Waals surface area contributed by atoms with Crippen LogP contribution >= 0.6 is 0 Å². The van der Waals surface area contributed by atoms with Crippen molar-refractivity contribution < 1.29 is 4.79 Å². The van der Waals surface area contributed by atoms with E-state index >= 15 is 0 Å². The van der Waals surface area contributed by atoms with Crippen molar-refractivity contribution in [3.05, 3.63) is 12.7 Å². The zero-order valence-electron chi connectivity index (χ0n) is 11.1. The van der Waals surface area contributed by atoms with Crippen molar-refractivity contribution in [2.75, 3.05) is 39.8 Å². The molecule has 0 aromatic rings. The summed E-state index contributed by atoms with van der Waals surface area (Å²) in [5.74, 6) is 0.182. The van der Waals surface area contributed by atoms with Gasteiger partial charge in [-0.1, -0.05) is 13.0 Å². The number of carbonyl (C=O) groups excluding carboxylic acids is 1. The number of amides is 1. The topological polar surface area (TPSA) is 35.6 Å². The summed E-state index contributed by atoms with van der Waals surface area (Å²) in [4.78, 5) is 16.2. The Morgan fingerprint density at radius 3 is 2.71 bits per heavy atom. The van der Waals surface area contributed by atoms with Gasteiger partial charge in [-0.05, 0) is 19.4 Å². The molecule has 0 unspecified atom stereocenters. The summed E-state index contributed by atoms with van der Waals surface area (Å²) in [6.45, 7) is 10.2. The van der Waals surface area contributed by atoms with Crippen molar-refractivity contribution in [3.63, 3.8) is 0 Å². The fourth-order valence-corrected chi connectivity index (χ4v) is 2.23. The van der Waals surface area contributed by atoms with Crippen LogP contribution in [0, 0.1) is 0 Å². The van der Waals surface area contributed by atoms with Crippen LogP contribution in [0.3, 0.4) is 0 Å². The SMILES string of the molecule is C=CCNCC(=O)N(C)C1CCN(CC)CC1. The van der Waals surface area contributed by atoms with Gasteiger partial charge in [0.1, 0.15) is 0 Å². The van der Waals surface area contributed by atoms with Gasteiger partial charge in [0.25, 0.3) is 0 Å². The van der Waals surface area contributed by atoms with E-state index in [2.05, 4.69) is 23.7 Å². The highest BCUT2D eigenvalue weighted by atomic mass is 16.2. The molecule has 0 saturated carbocycles. The number of hydrogen-bond donors (Lipinski definition) is 1. The maximum absolute atomic E-state index is 11.9. The number of piperidine rings is 1. The van der Waals surface area contributed by atoms with Crippen LogP contribution < -0.4 is 5.32 Å². The fourth-order valence-electron chi connectivity index (χ4n) is 2.23. The van der Waals surface area contributed by atoms with Crippen molar-refractivity contribution in [3.8, 4) is 0 Å². The van der Waals surface area contributed by atoms with Gasteiger partial charge < -0.3 is 15.1 Å². The van der Waals surface area contributed by atoms with Crippen molar-refractivity contribution in [2.24, 2.45) is 0 Å². The lowest BCUT2D eigenvalue weighted by molar-refractivity contribution is -0.131. The zero-order chi connectivity index (χ0) is 12.7. The summed E-state index contributed by atoms with van der Waals surface area (Å²) < 4.78 is 0. The number of hydrogen-bond acceptors (Lipinski definition) is 3. The lowest BCUT2D eigenvalue weighted by Gasteiger charge is -2.36. The van der Waals surface area contributed by atoms with E-state index in [9.17, 15) is 4.79 Å². The summed E-state index contributed by atoms with van der Waals surface area (Å²) in [5, 5.41) is 3.06. The molecule has 0 atom stereocenters. The summed E-state index contributed by atoms with van der Waals surface area (Å²) in [5.41, 5.74) is 0. The fraction of sp³-hybridized carbons (Fsp3) is 0.769. The number of nitrogens with zero attached hydrogens (tertiary/aromatic N) is 2. The average Bonchev–Trinajstić information content (AvgIpc) is 2.38. The molecule has 0 aliphatic carbocycles. The molecule has 0 bridgehead atoms. The molecule has 1 N–H and O–H groups in total. The first-order chi connectivity index (χ1) is 8.19. The van der Waals surface area contributed by atoms with Gasteiger partial charge in [-0.25, -0.2) is 0 Å². The third-order valence-electron chi connectivity index (χ3n) is 3.51. The van der Waals surface area contributed by atoms with E-state index in [1.165, 1.54) is 0 Å². The van der Waals surface area contributed by atoms with Crippen LogP contribution in [0.15, 0.2) is 12.7 Å². The smallest absolute Gasteiger partial charge is 0.236 e. The second-order valence-corrected chi connectivity index (χ2v) is 4.59. The third-order valence-corrected chi connectivity index (χ3v) is 3.51. The molecule has 1 saturated heterocycles. The summed E-state index contributed by atoms with van der Waals surface area (Å²) in [6.07, 6.45) is 3.96. The molecule has 0 spiro atoms. The second kappa shape index (κ2) is 7.45. The predicted molar refractivity (Wildman–Crippen MR) is 71.0 cm³/mol. The van der Waals surface area contributed by atoms with Crippen LogP contribution in [-0.2, 0) is 4.79 Å². The van der Waals surface area contributed by atoms with E-state index in [-0.39, 0.29) is 5.91 Å². The lowest BCUT2D eigenvalue weighted by Crippen LogP contribution is -2.47. The Hall–Kier alpha value is -0.870. The number of carbonyl (C=O) groups is 1. The Morgan fingerprint density at radius 1 is 1.53 bits per heavy atom. The van der Waals surface area contributed by atoms with Crippen LogP contribution in [0.2, 0.25) is 0 Å². The highest BCUT2D eigenvalue weighted by Gasteiger charge is 2.24. The third kappa shape index (κ3) is 4.48. The molecule has 17 heavy (non-hydrogen) atoms. The highest BCUT2D eigenvalue weighted by molar-refractivity contribution is 5.78. The van der Waals surface area contributed by atoms with Crippen molar-refractivity contribution in [1.29, 1.82) is 0 Å². The number of likely N-dealkylation sites (N-methyl/N-ethyl adjacent to an activating group) is 1. The Balaban J connectivity index is 2.29. The van der Waals surface area contributed by atoms with E-state index in [0.29, 0.717) is 19.1 Å². The minimum atomic E-state index is 0.182. The first-order valence-electron chi connectivity index (χ1n) is 6.48. The normalized spacial score (nSPS) is 18.0. The minimum Gasteiger partial charge on any atom is -0.342 e. The second-order valence-electron chi connectivity index (χ2n) is 4.59. The molecule has 0 radical (unpaired) electrons. The Labute approximate surface area is 105 Å². The van der Waals surface area contributed by atoms with E-state index in [1.54, 1.807) is 6.08 Å². The van der Waals surface area contributed by atoms with Crippen LogP contribution in [0.4, 0.5) is 0 Å². The molecule has 4 heteroatoms. The Kier molecular flexibility index (Phi) is 6.22. The summed E-state index contributed by atoms with van der Waals surface area (Å²) >= 11 is 0. The monoisotopic (exact) mass is 239 g/mol. The van der Waals surface area contributed by atoms with Crippen molar-refractivity contribution in [1.82, 2.24) is 15.1 Å². The maximum atomic E-state index is 11.9. The van der Waals surface area contributed by atoms with Crippen molar-refractivity contribution in [2.45, 2.75) is 25.8 Å². The summed E-state index contributed by atoms with van der Waals surface area (Å²) in [7, 11) is 1.92.